The van der Waals surface area contributed by atoms with Gasteiger partial charge in [0.25, 0.3) is 0 Å². The summed E-state index contributed by atoms with van der Waals surface area (Å²) in [5.41, 5.74) is 8.32. The molecule has 2 aromatic rings. The van der Waals surface area contributed by atoms with Crippen molar-refractivity contribution in [3.05, 3.63) is 60.2 Å². The van der Waals surface area contributed by atoms with Crippen LogP contribution in [0.1, 0.15) is 18.4 Å². The Morgan fingerprint density at radius 1 is 0.857 bits per heavy atom. The molecule has 0 saturated heterocycles. The number of amides is 2. The normalized spacial score (nSPS) is 10.1. The quantitative estimate of drug-likeness (QED) is 0.852. The molecule has 4 heteroatoms. The number of nitrogens with two attached hydrogens (primary N) is 1. The van der Waals surface area contributed by atoms with E-state index in [1.54, 1.807) is 0 Å². The number of hydrogen-bond acceptors (Lipinski definition) is 2. The molecule has 108 valence electrons. The van der Waals surface area contributed by atoms with Crippen LogP contribution in [0, 0.1) is 0 Å². The molecule has 0 bridgehead atoms. The summed E-state index contributed by atoms with van der Waals surface area (Å²) in [5.74, 6) is -0.627. The lowest BCUT2D eigenvalue weighted by molar-refractivity contribution is -0.125. The minimum absolute atomic E-state index is 0.0821. The van der Waals surface area contributed by atoms with Crippen LogP contribution in [0.4, 0.5) is 0 Å². The number of primary amides is 1. The first kappa shape index (κ1) is 14.8. The van der Waals surface area contributed by atoms with Crippen LogP contribution >= 0.6 is 0 Å². The minimum atomic E-state index is -0.461. The predicted molar refractivity (Wildman–Crippen MR) is 82.2 cm³/mol. The SMILES string of the molecule is NC(=O)CCC(=O)NCc1ccc(-c2ccccc2)cc1. The fourth-order valence-corrected chi connectivity index (χ4v) is 1.97. The van der Waals surface area contributed by atoms with Gasteiger partial charge < -0.3 is 11.1 Å². The highest BCUT2D eigenvalue weighted by atomic mass is 16.2. The Bertz CT molecular complexity index is 606. The first-order valence-electron chi connectivity index (χ1n) is 6.84. The standard InChI is InChI=1S/C17H18N2O2/c18-16(20)10-11-17(21)19-12-13-6-8-15(9-7-13)14-4-2-1-3-5-14/h1-9H,10-12H2,(H2,18,20)(H,19,21). The molecular formula is C17H18N2O2. The van der Waals surface area contributed by atoms with E-state index in [-0.39, 0.29) is 18.7 Å². The molecule has 0 fully saturated rings. The maximum absolute atomic E-state index is 11.5. The highest BCUT2D eigenvalue weighted by Gasteiger charge is 2.04. The van der Waals surface area contributed by atoms with Gasteiger partial charge in [0.2, 0.25) is 11.8 Å². The minimum Gasteiger partial charge on any atom is -0.370 e. The molecule has 2 rings (SSSR count). The first-order chi connectivity index (χ1) is 10.1. The molecule has 0 aliphatic carbocycles. The Hall–Kier alpha value is -2.62. The van der Waals surface area contributed by atoms with Crippen LogP contribution in [0.25, 0.3) is 11.1 Å². The summed E-state index contributed by atoms with van der Waals surface area (Å²) in [5, 5.41) is 2.77. The van der Waals surface area contributed by atoms with E-state index >= 15 is 0 Å². The van der Waals surface area contributed by atoms with Crippen LogP contribution in [0.5, 0.6) is 0 Å². The second-order valence-corrected chi connectivity index (χ2v) is 4.81. The molecule has 2 aromatic carbocycles. The molecule has 3 N–H and O–H groups in total. The molecule has 2 amide bonds. The van der Waals surface area contributed by atoms with E-state index < -0.39 is 5.91 Å². The van der Waals surface area contributed by atoms with Gasteiger partial charge in [-0.25, -0.2) is 0 Å². The van der Waals surface area contributed by atoms with Crippen LogP contribution in [0.3, 0.4) is 0 Å². The molecule has 4 nitrogen and oxygen atoms in total. The Kier molecular flexibility index (Phi) is 5.10. The van der Waals surface area contributed by atoms with Gasteiger partial charge >= 0.3 is 0 Å². The number of rotatable bonds is 6. The molecular weight excluding hydrogens is 264 g/mol. The maximum Gasteiger partial charge on any atom is 0.220 e. The average Bonchev–Trinajstić information content (AvgIpc) is 2.52. The highest BCUT2D eigenvalue weighted by molar-refractivity contribution is 5.82. The smallest absolute Gasteiger partial charge is 0.220 e. The molecule has 0 aromatic heterocycles. The van der Waals surface area contributed by atoms with Crippen LogP contribution in [-0.4, -0.2) is 11.8 Å². The zero-order valence-electron chi connectivity index (χ0n) is 11.7. The first-order valence-corrected chi connectivity index (χ1v) is 6.84. The van der Waals surface area contributed by atoms with Gasteiger partial charge in [-0.2, -0.15) is 0 Å². The van der Waals surface area contributed by atoms with E-state index in [1.165, 1.54) is 0 Å². The summed E-state index contributed by atoms with van der Waals surface area (Å²) in [6, 6.07) is 18.1. The van der Waals surface area contributed by atoms with Crippen molar-refractivity contribution in [2.75, 3.05) is 0 Å². The van der Waals surface area contributed by atoms with Crippen molar-refractivity contribution < 1.29 is 9.59 Å². The van der Waals surface area contributed by atoms with Crippen molar-refractivity contribution >= 4 is 11.8 Å². The number of hydrogen-bond donors (Lipinski definition) is 2. The van der Waals surface area contributed by atoms with Crippen molar-refractivity contribution in [2.24, 2.45) is 5.73 Å². The van der Waals surface area contributed by atoms with Crippen molar-refractivity contribution in [2.45, 2.75) is 19.4 Å². The lowest BCUT2D eigenvalue weighted by atomic mass is 10.0. The van der Waals surface area contributed by atoms with Crippen LogP contribution in [0.15, 0.2) is 54.6 Å². The molecule has 0 spiro atoms. The largest absolute Gasteiger partial charge is 0.370 e. The number of carbonyl (C=O) groups is 2. The van der Waals surface area contributed by atoms with Crippen molar-refractivity contribution in [3.63, 3.8) is 0 Å². The average molecular weight is 282 g/mol. The summed E-state index contributed by atoms with van der Waals surface area (Å²) >= 11 is 0. The number of benzene rings is 2. The Balaban J connectivity index is 1.88. The number of carbonyl (C=O) groups excluding carboxylic acids is 2. The fraction of sp³-hybridized carbons (Fsp3) is 0.176. The molecule has 0 unspecified atom stereocenters. The van der Waals surface area contributed by atoms with Crippen LogP contribution < -0.4 is 11.1 Å². The topological polar surface area (TPSA) is 72.2 Å². The molecule has 0 aliphatic heterocycles. The monoisotopic (exact) mass is 282 g/mol. The van der Waals surface area contributed by atoms with E-state index in [2.05, 4.69) is 17.4 Å². The molecule has 0 saturated carbocycles. The second kappa shape index (κ2) is 7.24. The van der Waals surface area contributed by atoms with Gasteiger partial charge in [0, 0.05) is 19.4 Å². The van der Waals surface area contributed by atoms with Gasteiger partial charge in [0.15, 0.2) is 0 Å². The lowest BCUT2D eigenvalue weighted by Gasteiger charge is -2.06. The summed E-state index contributed by atoms with van der Waals surface area (Å²) < 4.78 is 0. The summed E-state index contributed by atoms with van der Waals surface area (Å²) in [7, 11) is 0. The Labute approximate surface area is 124 Å². The molecule has 0 radical (unpaired) electrons. The molecule has 0 heterocycles. The van der Waals surface area contributed by atoms with E-state index in [1.807, 2.05) is 42.5 Å². The van der Waals surface area contributed by atoms with Crippen molar-refractivity contribution in [1.82, 2.24) is 5.32 Å². The second-order valence-electron chi connectivity index (χ2n) is 4.81. The van der Waals surface area contributed by atoms with Crippen LogP contribution in [-0.2, 0) is 16.1 Å². The van der Waals surface area contributed by atoms with Gasteiger partial charge in [0.1, 0.15) is 0 Å². The van der Waals surface area contributed by atoms with Gasteiger partial charge in [-0.15, -0.1) is 0 Å². The van der Waals surface area contributed by atoms with Crippen LogP contribution in [0.2, 0.25) is 0 Å². The lowest BCUT2D eigenvalue weighted by Crippen LogP contribution is -2.24. The third-order valence-corrected chi connectivity index (χ3v) is 3.15. The van der Waals surface area contributed by atoms with E-state index in [9.17, 15) is 9.59 Å². The third kappa shape index (κ3) is 4.76. The molecule has 0 atom stereocenters. The van der Waals surface area contributed by atoms with Gasteiger partial charge in [-0.1, -0.05) is 54.6 Å². The summed E-state index contributed by atoms with van der Waals surface area (Å²) in [6.07, 6.45) is 0.218. The molecule has 21 heavy (non-hydrogen) atoms. The van der Waals surface area contributed by atoms with E-state index in [0.717, 1.165) is 16.7 Å². The maximum atomic E-state index is 11.5. The van der Waals surface area contributed by atoms with E-state index in [4.69, 9.17) is 5.73 Å². The van der Waals surface area contributed by atoms with Gasteiger partial charge in [0.05, 0.1) is 0 Å². The van der Waals surface area contributed by atoms with Gasteiger partial charge in [-0.3, -0.25) is 9.59 Å². The van der Waals surface area contributed by atoms with Crippen molar-refractivity contribution in [1.29, 1.82) is 0 Å². The van der Waals surface area contributed by atoms with E-state index in [0.29, 0.717) is 6.54 Å². The predicted octanol–water partition coefficient (Wildman–Crippen LogP) is 2.24. The molecule has 0 aliphatic rings. The van der Waals surface area contributed by atoms with Crippen molar-refractivity contribution in [3.8, 4) is 11.1 Å². The van der Waals surface area contributed by atoms with Gasteiger partial charge in [-0.05, 0) is 16.7 Å². The number of nitrogens with one attached hydrogen (secondary N) is 1. The fourth-order valence-electron chi connectivity index (χ4n) is 1.97. The zero-order valence-corrected chi connectivity index (χ0v) is 11.7. The highest BCUT2D eigenvalue weighted by Crippen LogP contribution is 2.19. The Morgan fingerprint density at radius 2 is 1.48 bits per heavy atom. The Morgan fingerprint density at radius 3 is 2.10 bits per heavy atom. The third-order valence-electron chi connectivity index (χ3n) is 3.15. The summed E-state index contributed by atoms with van der Waals surface area (Å²) in [4.78, 5) is 22.1. The summed E-state index contributed by atoms with van der Waals surface area (Å²) in [6.45, 7) is 0.451. The zero-order chi connectivity index (χ0) is 15.1.